The van der Waals surface area contributed by atoms with E-state index in [4.69, 9.17) is 0 Å². The molecule has 0 aliphatic carbocycles. The maximum absolute atomic E-state index is 12.7. The average Bonchev–Trinajstić information content (AvgIpc) is 2.61. The Morgan fingerprint density at radius 1 is 1.04 bits per heavy atom. The Kier molecular flexibility index (Phi) is 6.42. The van der Waals surface area contributed by atoms with Crippen LogP contribution in [0.15, 0.2) is 48.5 Å². The molecule has 0 aliphatic heterocycles. The molecule has 0 aromatic heterocycles. The second-order valence-electron chi connectivity index (χ2n) is 6.25. The summed E-state index contributed by atoms with van der Waals surface area (Å²) in [6.07, 6.45) is 2.76. The number of nitrogens with zero attached hydrogens (tertiary/aromatic N) is 1. The van der Waals surface area contributed by atoms with E-state index in [1.807, 2.05) is 50.2 Å². The summed E-state index contributed by atoms with van der Waals surface area (Å²) in [6.45, 7) is 5.63. The molecule has 2 aromatic rings. The van der Waals surface area contributed by atoms with Gasteiger partial charge in [0.15, 0.2) is 0 Å². The van der Waals surface area contributed by atoms with Crippen molar-refractivity contribution in [2.24, 2.45) is 0 Å². The molecule has 6 heteroatoms. The van der Waals surface area contributed by atoms with Crippen LogP contribution >= 0.6 is 0 Å². The first-order valence-electron chi connectivity index (χ1n) is 8.75. The number of hydrogen-bond acceptors (Lipinski definition) is 3. The minimum absolute atomic E-state index is 0.365. The van der Waals surface area contributed by atoms with Crippen molar-refractivity contribution in [3.8, 4) is 0 Å². The first-order valence-corrected chi connectivity index (χ1v) is 10.6. The van der Waals surface area contributed by atoms with Gasteiger partial charge in [-0.3, -0.25) is 9.10 Å². The van der Waals surface area contributed by atoms with Crippen molar-refractivity contribution in [2.75, 3.05) is 15.9 Å². The van der Waals surface area contributed by atoms with Gasteiger partial charge < -0.3 is 5.32 Å². The van der Waals surface area contributed by atoms with E-state index in [2.05, 4.69) is 5.32 Å². The van der Waals surface area contributed by atoms with E-state index in [0.717, 1.165) is 34.5 Å². The van der Waals surface area contributed by atoms with Crippen molar-refractivity contribution in [2.45, 2.75) is 39.7 Å². The highest BCUT2D eigenvalue weighted by molar-refractivity contribution is 7.92. The summed E-state index contributed by atoms with van der Waals surface area (Å²) < 4.78 is 25.9. The van der Waals surface area contributed by atoms with E-state index in [0.29, 0.717) is 11.4 Å². The average molecular weight is 375 g/mol. The Morgan fingerprint density at radius 3 is 2.19 bits per heavy atom. The lowest BCUT2D eigenvalue weighted by Crippen LogP contribution is -2.45. The lowest BCUT2D eigenvalue weighted by Gasteiger charge is -2.28. The predicted molar refractivity (Wildman–Crippen MR) is 107 cm³/mol. The first kappa shape index (κ1) is 20.0. The summed E-state index contributed by atoms with van der Waals surface area (Å²) in [5.41, 5.74) is 3.31. The zero-order valence-corrected chi connectivity index (χ0v) is 16.5. The van der Waals surface area contributed by atoms with Crippen molar-refractivity contribution in [3.05, 3.63) is 59.7 Å². The molecule has 0 saturated carbocycles. The lowest BCUT2D eigenvalue weighted by molar-refractivity contribution is -0.116. The Hall–Kier alpha value is -2.34. The molecular formula is C20H26N2O3S. The van der Waals surface area contributed by atoms with Crippen LogP contribution in [-0.2, 0) is 27.7 Å². The van der Waals surface area contributed by atoms with Gasteiger partial charge in [-0.2, -0.15) is 0 Å². The van der Waals surface area contributed by atoms with Crippen molar-refractivity contribution in [3.63, 3.8) is 0 Å². The Bertz CT molecular complexity index is 861. The normalized spacial score (nSPS) is 12.5. The number of para-hydroxylation sites is 1. The molecule has 2 rings (SSSR count). The molecule has 0 spiro atoms. The summed E-state index contributed by atoms with van der Waals surface area (Å²) >= 11 is 0. The van der Waals surface area contributed by atoms with Crippen molar-refractivity contribution in [1.82, 2.24) is 0 Å². The van der Waals surface area contributed by atoms with Gasteiger partial charge >= 0.3 is 0 Å². The molecule has 0 saturated heterocycles. The minimum Gasteiger partial charge on any atom is -0.324 e. The van der Waals surface area contributed by atoms with Crippen molar-refractivity contribution >= 4 is 27.3 Å². The number of hydrogen-bond donors (Lipinski definition) is 1. The predicted octanol–water partition coefficient (Wildman–Crippen LogP) is 3.60. The molecule has 1 atom stereocenters. The summed E-state index contributed by atoms with van der Waals surface area (Å²) in [5, 5.41) is 2.86. The van der Waals surface area contributed by atoms with Gasteiger partial charge in [0, 0.05) is 5.69 Å². The van der Waals surface area contributed by atoms with E-state index in [-0.39, 0.29) is 5.91 Å². The molecule has 0 heterocycles. The molecule has 0 fully saturated rings. The zero-order valence-electron chi connectivity index (χ0n) is 15.7. The molecule has 0 radical (unpaired) electrons. The van der Waals surface area contributed by atoms with Gasteiger partial charge in [-0.25, -0.2) is 8.42 Å². The van der Waals surface area contributed by atoms with Gasteiger partial charge in [0.1, 0.15) is 6.04 Å². The molecule has 26 heavy (non-hydrogen) atoms. The highest BCUT2D eigenvalue weighted by Crippen LogP contribution is 2.23. The molecular weight excluding hydrogens is 348 g/mol. The smallest absolute Gasteiger partial charge is 0.248 e. The van der Waals surface area contributed by atoms with E-state index < -0.39 is 16.1 Å². The monoisotopic (exact) mass is 374 g/mol. The number of carbonyl (C=O) groups is 1. The van der Waals surface area contributed by atoms with Crippen LogP contribution in [0.1, 0.15) is 31.9 Å². The second-order valence-corrected chi connectivity index (χ2v) is 8.11. The van der Waals surface area contributed by atoms with E-state index in [9.17, 15) is 13.2 Å². The molecule has 1 N–H and O–H groups in total. The van der Waals surface area contributed by atoms with Crippen LogP contribution in [-0.4, -0.2) is 26.6 Å². The van der Waals surface area contributed by atoms with Crippen LogP contribution in [0.25, 0.3) is 0 Å². The standard InChI is InChI=1S/C20H26N2O3S/c1-5-16-11-13-18(14-12-16)22(26(4,24)25)15(3)20(23)21-19-10-8-7-9-17(19)6-2/h7-15H,5-6H2,1-4H3,(H,21,23)/t15-/m1/s1. The summed E-state index contributed by atoms with van der Waals surface area (Å²) in [6, 6.07) is 13.9. The largest absolute Gasteiger partial charge is 0.324 e. The van der Waals surface area contributed by atoms with Crippen molar-refractivity contribution < 1.29 is 13.2 Å². The summed E-state index contributed by atoms with van der Waals surface area (Å²) in [5.74, 6) is -0.365. The number of sulfonamides is 1. The minimum atomic E-state index is -3.62. The SMILES string of the molecule is CCc1ccc(N([C@H](C)C(=O)Nc2ccccc2CC)S(C)(=O)=O)cc1. The van der Waals surface area contributed by atoms with Crippen LogP contribution in [0.4, 0.5) is 11.4 Å². The third-order valence-corrected chi connectivity index (χ3v) is 5.59. The quantitative estimate of drug-likeness (QED) is 0.805. The van der Waals surface area contributed by atoms with Gasteiger partial charge in [0.25, 0.3) is 0 Å². The molecule has 0 unspecified atom stereocenters. The molecule has 0 bridgehead atoms. The summed E-state index contributed by atoms with van der Waals surface area (Å²) in [7, 11) is -3.62. The number of amides is 1. The first-order chi connectivity index (χ1) is 12.3. The Morgan fingerprint density at radius 2 is 1.65 bits per heavy atom. The van der Waals surface area contributed by atoms with Crippen LogP contribution in [0, 0.1) is 0 Å². The Balaban J connectivity index is 2.31. The van der Waals surface area contributed by atoms with Gasteiger partial charge in [-0.15, -0.1) is 0 Å². The highest BCUT2D eigenvalue weighted by atomic mass is 32.2. The molecule has 140 valence electrons. The van der Waals surface area contributed by atoms with Crippen LogP contribution < -0.4 is 9.62 Å². The number of carbonyl (C=O) groups excluding carboxylic acids is 1. The molecule has 2 aromatic carbocycles. The lowest BCUT2D eigenvalue weighted by atomic mass is 10.1. The molecule has 1 amide bonds. The fourth-order valence-corrected chi connectivity index (χ4v) is 4.05. The summed E-state index contributed by atoms with van der Waals surface area (Å²) in [4.78, 5) is 12.7. The topological polar surface area (TPSA) is 66.5 Å². The van der Waals surface area contributed by atoms with Gasteiger partial charge in [0.05, 0.1) is 11.9 Å². The second kappa shape index (κ2) is 8.36. The van der Waals surface area contributed by atoms with Crippen molar-refractivity contribution in [1.29, 1.82) is 0 Å². The number of benzene rings is 2. The van der Waals surface area contributed by atoms with E-state index >= 15 is 0 Å². The fourth-order valence-electron chi connectivity index (χ4n) is 2.88. The number of anilines is 2. The highest BCUT2D eigenvalue weighted by Gasteiger charge is 2.29. The number of rotatable bonds is 7. The zero-order chi connectivity index (χ0) is 19.3. The van der Waals surface area contributed by atoms with Crippen LogP contribution in [0.3, 0.4) is 0 Å². The fraction of sp³-hybridized carbons (Fsp3) is 0.350. The molecule has 0 aliphatic rings. The third-order valence-electron chi connectivity index (χ3n) is 4.34. The third kappa shape index (κ3) is 4.64. The van der Waals surface area contributed by atoms with E-state index in [1.54, 1.807) is 19.1 Å². The number of nitrogens with one attached hydrogen (secondary N) is 1. The van der Waals surface area contributed by atoms with Gasteiger partial charge in [-0.1, -0.05) is 44.2 Å². The van der Waals surface area contributed by atoms with Gasteiger partial charge in [0.2, 0.25) is 15.9 Å². The van der Waals surface area contributed by atoms with Crippen LogP contribution in [0.5, 0.6) is 0 Å². The maximum atomic E-state index is 12.7. The van der Waals surface area contributed by atoms with Gasteiger partial charge in [-0.05, 0) is 49.1 Å². The Labute approximate surface area is 156 Å². The van der Waals surface area contributed by atoms with Crippen LogP contribution in [0.2, 0.25) is 0 Å². The van der Waals surface area contributed by atoms with E-state index in [1.165, 1.54) is 0 Å². The molecule has 5 nitrogen and oxygen atoms in total. The maximum Gasteiger partial charge on any atom is 0.248 e. The number of aryl methyl sites for hydroxylation is 2.